The van der Waals surface area contributed by atoms with Crippen LogP contribution < -0.4 is 0 Å². The molecule has 8 rings (SSSR count). The van der Waals surface area contributed by atoms with E-state index in [9.17, 15) is 5.26 Å². The van der Waals surface area contributed by atoms with Gasteiger partial charge in [0, 0.05) is 22.6 Å². The van der Waals surface area contributed by atoms with E-state index in [-0.39, 0.29) is 5.92 Å². The first-order valence-corrected chi connectivity index (χ1v) is 15.5. The highest BCUT2D eigenvalue weighted by Gasteiger charge is 2.25. The molecule has 216 valence electrons. The van der Waals surface area contributed by atoms with Crippen LogP contribution in [0.25, 0.3) is 61.3 Å². The Morgan fingerprint density at radius 2 is 1.04 bits per heavy atom. The molecule has 0 fully saturated rings. The van der Waals surface area contributed by atoms with E-state index in [1.165, 1.54) is 21.7 Å². The molecule has 0 bridgehead atoms. The Balaban J connectivity index is 1.37. The summed E-state index contributed by atoms with van der Waals surface area (Å²) in [7, 11) is 0. The summed E-state index contributed by atoms with van der Waals surface area (Å²) in [6.07, 6.45) is 7.65. The third-order valence-electron chi connectivity index (χ3n) is 8.71. The van der Waals surface area contributed by atoms with Gasteiger partial charge in [0.2, 0.25) is 0 Å². The monoisotopic (exact) mass is 588 g/mol. The van der Waals surface area contributed by atoms with E-state index in [1.807, 2.05) is 84.9 Å². The third-order valence-corrected chi connectivity index (χ3v) is 8.71. The lowest BCUT2D eigenvalue weighted by atomic mass is 9.80. The summed E-state index contributed by atoms with van der Waals surface area (Å²) < 4.78 is 0. The molecule has 4 heteroatoms. The fourth-order valence-electron chi connectivity index (χ4n) is 6.50. The van der Waals surface area contributed by atoms with Crippen molar-refractivity contribution in [1.29, 1.82) is 5.26 Å². The molecule has 1 aromatic heterocycles. The van der Waals surface area contributed by atoms with Crippen LogP contribution in [-0.2, 0) is 0 Å². The second kappa shape index (κ2) is 11.7. The van der Waals surface area contributed by atoms with Gasteiger partial charge in [-0.15, -0.1) is 0 Å². The van der Waals surface area contributed by atoms with Gasteiger partial charge in [0.1, 0.15) is 0 Å². The molecule has 0 saturated carbocycles. The van der Waals surface area contributed by atoms with Crippen molar-refractivity contribution in [2.24, 2.45) is 0 Å². The lowest BCUT2D eigenvalue weighted by molar-refractivity contribution is 0.865. The Morgan fingerprint density at radius 3 is 1.61 bits per heavy atom. The van der Waals surface area contributed by atoms with Crippen molar-refractivity contribution in [2.75, 3.05) is 0 Å². The molecule has 1 unspecified atom stereocenters. The molecule has 1 aliphatic rings. The number of benzene rings is 6. The number of hydrogen-bond donors (Lipinski definition) is 0. The van der Waals surface area contributed by atoms with Crippen molar-refractivity contribution < 1.29 is 0 Å². The number of rotatable bonds is 5. The Morgan fingerprint density at radius 1 is 0.522 bits per heavy atom. The minimum atomic E-state index is 0.101. The molecule has 0 aliphatic heterocycles. The van der Waals surface area contributed by atoms with Gasteiger partial charge in [0.15, 0.2) is 17.5 Å². The van der Waals surface area contributed by atoms with Crippen LogP contribution in [0.3, 0.4) is 0 Å². The predicted molar refractivity (Wildman–Crippen MR) is 187 cm³/mol. The highest BCUT2D eigenvalue weighted by Crippen LogP contribution is 2.45. The first-order chi connectivity index (χ1) is 22.8. The molecule has 0 saturated heterocycles. The first kappa shape index (κ1) is 27.4. The van der Waals surface area contributed by atoms with E-state index in [0.717, 1.165) is 39.6 Å². The van der Waals surface area contributed by atoms with E-state index in [1.54, 1.807) is 0 Å². The van der Waals surface area contributed by atoms with E-state index < -0.39 is 0 Å². The number of hydrogen-bond acceptors (Lipinski definition) is 4. The number of nitrogens with zero attached hydrogens (tertiary/aromatic N) is 4. The SMILES string of the molecule is N#Cc1ccc(C2=CCC(c3c(-c4nc(-c5ccccc5)nc(-c5ccccc5)n4)c4ccccc4c4ccccc34)C=C2)cc1. The van der Waals surface area contributed by atoms with Crippen LogP contribution in [-0.4, -0.2) is 15.0 Å². The van der Waals surface area contributed by atoms with Crippen LogP contribution in [0.4, 0.5) is 0 Å². The molecule has 4 nitrogen and oxygen atoms in total. The van der Waals surface area contributed by atoms with Crippen LogP contribution in [0.2, 0.25) is 0 Å². The van der Waals surface area contributed by atoms with E-state index >= 15 is 0 Å². The third kappa shape index (κ3) is 4.95. The van der Waals surface area contributed by atoms with Gasteiger partial charge >= 0.3 is 0 Å². The maximum atomic E-state index is 9.25. The largest absolute Gasteiger partial charge is 0.208 e. The fraction of sp³-hybridized carbons (Fsp3) is 0.0476. The molecule has 0 radical (unpaired) electrons. The van der Waals surface area contributed by atoms with E-state index in [2.05, 4.69) is 72.8 Å². The van der Waals surface area contributed by atoms with E-state index in [4.69, 9.17) is 15.0 Å². The van der Waals surface area contributed by atoms with Crippen molar-refractivity contribution in [3.05, 3.63) is 168 Å². The molecule has 1 atom stereocenters. The van der Waals surface area contributed by atoms with Gasteiger partial charge in [-0.3, -0.25) is 0 Å². The van der Waals surface area contributed by atoms with E-state index in [0.29, 0.717) is 23.0 Å². The number of aromatic nitrogens is 3. The summed E-state index contributed by atoms with van der Waals surface area (Å²) in [6.45, 7) is 0. The van der Waals surface area contributed by atoms with Crippen LogP contribution in [0.5, 0.6) is 0 Å². The molecule has 1 aliphatic carbocycles. The first-order valence-electron chi connectivity index (χ1n) is 15.5. The van der Waals surface area contributed by atoms with Gasteiger partial charge in [0.25, 0.3) is 0 Å². The molecule has 7 aromatic rings. The van der Waals surface area contributed by atoms with Crippen molar-refractivity contribution in [1.82, 2.24) is 15.0 Å². The minimum Gasteiger partial charge on any atom is -0.208 e. The van der Waals surface area contributed by atoms with Crippen molar-refractivity contribution in [2.45, 2.75) is 12.3 Å². The summed E-state index contributed by atoms with van der Waals surface area (Å²) in [5.74, 6) is 2.06. The summed E-state index contributed by atoms with van der Waals surface area (Å²) in [4.78, 5) is 15.4. The standard InChI is InChI=1S/C42H28N4/c43-27-28-19-21-29(22-20-28)30-23-25-31(26-24-30)38-36-17-9-7-15-34(36)35-16-8-10-18-37(35)39(38)42-45-40(32-11-3-1-4-12-32)44-41(46-42)33-13-5-2-6-14-33/h1-25,31H,26H2. The lowest BCUT2D eigenvalue weighted by Gasteiger charge is -2.24. The Labute approximate surface area is 267 Å². The zero-order chi connectivity index (χ0) is 30.9. The average molecular weight is 589 g/mol. The van der Waals surface area contributed by atoms with Gasteiger partial charge in [-0.1, -0.05) is 140 Å². The summed E-state index contributed by atoms with van der Waals surface area (Å²) in [6, 6.07) is 47.5. The predicted octanol–water partition coefficient (Wildman–Crippen LogP) is 10.2. The van der Waals surface area contributed by atoms with Crippen LogP contribution in [0, 0.1) is 11.3 Å². The second-order valence-corrected chi connectivity index (χ2v) is 11.5. The Hall–Kier alpha value is -6.18. The number of nitriles is 1. The van der Waals surface area contributed by atoms with Gasteiger partial charge in [-0.05, 0) is 56.8 Å². The number of allylic oxidation sites excluding steroid dienone is 4. The summed E-state index contributed by atoms with van der Waals surface area (Å²) >= 11 is 0. The maximum Gasteiger partial charge on any atom is 0.165 e. The molecular formula is C42H28N4. The van der Waals surface area contributed by atoms with Gasteiger partial charge in [0.05, 0.1) is 11.6 Å². The van der Waals surface area contributed by atoms with Crippen molar-refractivity contribution >= 4 is 27.1 Å². The van der Waals surface area contributed by atoms with Gasteiger partial charge in [-0.2, -0.15) is 5.26 Å². The van der Waals surface area contributed by atoms with Gasteiger partial charge < -0.3 is 0 Å². The number of fused-ring (bicyclic) bond motifs is 3. The highest BCUT2D eigenvalue weighted by atomic mass is 15.0. The highest BCUT2D eigenvalue weighted by molar-refractivity contribution is 6.15. The Bertz CT molecular complexity index is 2270. The molecule has 46 heavy (non-hydrogen) atoms. The molecule has 0 spiro atoms. The minimum absolute atomic E-state index is 0.101. The topological polar surface area (TPSA) is 62.5 Å². The zero-order valence-corrected chi connectivity index (χ0v) is 25.0. The maximum absolute atomic E-state index is 9.25. The van der Waals surface area contributed by atoms with Crippen LogP contribution in [0.15, 0.2) is 152 Å². The summed E-state index contributed by atoms with van der Waals surface area (Å²) in [5.41, 5.74) is 7.07. The normalized spacial score (nSPS) is 14.2. The quantitative estimate of drug-likeness (QED) is 0.188. The molecular weight excluding hydrogens is 560 g/mol. The second-order valence-electron chi connectivity index (χ2n) is 11.5. The van der Waals surface area contributed by atoms with Crippen molar-refractivity contribution in [3.63, 3.8) is 0 Å². The van der Waals surface area contributed by atoms with Crippen LogP contribution >= 0.6 is 0 Å². The fourth-order valence-corrected chi connectivity index (χ4v) is 6.50. The summed E-state index contributed by atoms with van der Waals surface area (Å²) in [5, 5.41) is 14.0. The van der Waals surface area contributed by atoms with Gasteiger partial charge in [-0.25, -0.2) is 15.0 Å². The van der Waals surface area contributed by atoms with Crippen molar-refractivity contribution in [3.8, 4) is 40.2 Å². The average Bonchev–Trinajstić information content (AvgIpc) is 3.15. The smallest absolute Gasteiger partial charge is 0.165 e. The molecule has 0 N–H and O–H groups in total. The Kier molecular flexibility index (Phi) is 6.98. The zero-order valence-electron chi connectivity index (χ0n) is 25.0. The lowest BCUT2D eigenvalue weighted by Crippen LogP contribution is -2.07. The van der Waals surface area contributed by atoms with Crippen LogP contribution in [0.1, 0.15) is 29.0 Å². The molecule has 0 amide bonds. The molecule has 1 heterocycles. The molecule has 6 aromatic carbocycles.